The third kappa shape index (κ3) is 9.36. The summed E-state index contributed by atoms with van der Waals surface area (Å²) in [6.45, 7) is 17.7. The monoisotopic (exact) mass is 339 g/mol. The highest BCUT2D eigenvalue weighted by Crippen LogP contribution is 2.24. The van der Waals surface area contributed by atoms with Crippen molar-refractivity contribution in [1.82, 2.24) is 10.0 Å². The van der Waals surface area contributed by atoms with Gasteiger partial charge in [0, 0.05) is 30.6 Å². The molecule has 0 saturated heterocycles. The van der Waals surface area contributed by atoms with Crippen LogP contribution in [0.4, 0.5) is 0 Å². The highest BCUT2D eigenvalue weighted by atomic mass is 32.2. The zero-order chi connectivity index (χ0) is 17.9. The molecule has 134 valence electrons. The summed E-state index contributed by atoms with van der Waals surface area (Å²) in [6, 6.07) is 9.20. The second-order valence-corrected chi connectivity index (χ2v) is 7.78. The van der Waals surface area contributed by atoms with Crippen molar-refractivity contribution in [3.63, 3.8) is 0 Å². The van der Waals surface area contributed by atoms with Crippen LogP contribution in [0.25, 0.3) is 0 Å². The van der Waals surface area contributed by atoms with E-state index in [4.69, 9.17) is 5.73 Å². The number of nitrogens with two attached hydrogens (primary N) is 1. The van der Waals surface area contributed by atoms with E-state index < -0.39 is 0 Å². The Balaban J connectivity index is 0.00000232. The summed E-state index contributed by atoms with van der Waals surface area (Å²) < 4.78 is 3.39. The molecule has 1 aromatic rings. The average molecular weight is 340 g/mol. The van der Waals surface area contributed by atoms with Crippen LogP contribution in [0.15, 0.2) is 29.2 Å². The van der Waals surface area contributed by atoms with Gasteiger partial charge < -0.3 is 11.1 Å². The lowest BCUT2D eigenvalue weighted by Gasteiger charge is -2.20. The van der Waals surface area contributed by atoms with Gasteiger partial charge >= 0.3 is 0 Å². The first-order valence-electron chi connectivity index (χ1n) is 8.78. The van der Waals surface area contributed by atoms with E-state index >= 15 is 0 Å². The van der Waals surface area contributed by atoms with Crippen LogP contribution in [-0.2, 0) is 5.41 Å². The molecule has 0 aliphatic heterocycles. The summed E-state index contributed by atoms with van der Waals surface area (Å²) in [5.74, 6) is 0.576. The molecule has 4 N–H and O–H groups in total. The molecule has 0 fully saturated rings. The van der Waals surface area contributed by atoms with E-state index in [0.29, 0.717) is 18.5 Å². The largest absolute Gasteiger partial charge is 0.329 e. The smallest absolute Gasteiger partial charge is 0.0228 e. The Morgan fingerprint density at radius 2 is 1.61 bits per heavy atom. The molecule has 23 heavy (non-hydrogen) atoms. The molecule has 0 aromatic heterocycles. The van der Waals surface area contributed by atoms with E-state index in [9.17, 15) is 0 Å². The van der Waals surface area contributed by atoms with Crippen molar-refractivity contribution in [2.24, 2.45) is 11.7 Å². The second-order valence-electron chi connectivity index (χ2n) is 6.81. The van der Waals surface area contributed by atoms with Gasteiger partial charge in [-0.1, -0.05) is 60.6 Å². The maximum absolute atomic E-state index is 5.74. The first-order chi connectivity index (χ1) is 10.8. The lowest BCUT2D eigenvalue weighted by atomic mass is 9.87. The second kappa shape index (κ2) is 11.9. The predicted molar refractivity (Wildman–Crippen MR) is 106 cm³/mol. The highest BCUT2D eigenvalue weighted by molar-refractivity contribution is 7.97. The molecule has 0 bridgehead atoms. The number of rotatable bonds is 8. The molecule has 1 atom stereocenters. The first kappa shape index (κ1) is 22.4. The molecule has 4 heteroatoms. The van der Waals surface area contributed by atoms with Crippen LogP contribution in [-0.4, -0.2) is 25.7 Å². The maximum atomic E-state index is 5.74. The van der Waals surface area contributed by atoms with Gasteiger partial charge in [0.15, 0.2) is 0 Å². The summed E-state index contributed by atoms with van der Waals surface area (Å²) in [5.41, 5.74) is 7.33. The third-order valence-corrected chi connectivity index (χ3v) is 4.46. The molecular weight excluding hydrogens is 302 g/mol. The van der Waals surface area contributed by atoms with E-state index in [1.54, 1.807) is 11.9 Å². The maximum Gasteiger partial charge on any atom is 0.0228 e. The molecular formula is C19H37N3S. The fraction of sp³-hybridized carbons (Fsp3) is 0.684. The average Bonchev–Trinajstić information content (AvgIpc) is 2.52. The van der Waals surface area contributed by atoms with Gasteiger partial charge in [0.05, 0.1) is 0 Å². The van der Waals surface area contributed by atoms with Crippen molar-refractivity contribution >= 4 is 11.9 Å². The first-order valence-corrected chi connectivity index (χ1v) is 9.60. The highest BCUT2D eigenvalue weighted by Gasteiger charge is 2.13. The van der Waals surface area contributed by atoms with Crippen LogP contribution in [0.2, 0.25) is 0 Å². The lowest BCUT2D eigenvalue weighted by molar-refractivity contribution is 0.409. The fourth-order valence-electron chi connectivity index (χ4n) is 2.06. The van der Waals surface area contributed by atoms with E-state index in [1.165, 1.54) is 10.5 Å². The van der Waals surface area contributed by atoms with Crippen molar-refractivity contribution in [3.8, 4) is 0 Å². The molecule has 0 aliphatic carbocycles. The van der Waals surface area contributed by atoms with Gasteiger partial charge in [-0.3, -0.25) is 4.72 Å². The van der Waals surface area contributed by atoms with Crippen molar-refractivity contribution in [2.75, 3.05) is 19.6 Å². The van der Waals surface area contributed by atoms with Gasteiger partial charge in [0.25, 0.3) is 0 Å². The Morgan fingerprint density at radius 1 is 1.04 bits per heavy atom. The molecule has 0 aliphatic rings. The van der Waals surface area contributed by atoms with E-state index in [1.807, 2.05) is 13.8 Å². The molecule has 0 heterocycles. The molecule has 0 spiro atoms. The van der Waals surface area contributed by atoms with Crippen LogP contribution in [0.5, 0.6) is 0 Å². The minimum absolute atomic E-state index is 0.217. The molecule has 0 saturated carbocycles. The zero-order valence-electron chi connectivity index (χ0n) is 16.1. The Morgan fingerprint density at radius 3 is 2.04 bits per heavy atom. The standard InChI is InChI=1S/C17H31N3S.C2H6/c1-13(2)16(12-18)19-10-11-20-21-15-8-6-14(7-9-15)17(3,4)5;1-2/h6-9,13,16,19-20H,10-12,18H2,1-5H3;1-2H3. The van der Waals surface area contributed by atoms with Gasteiger partial charge in [-0.15, -0.1) is 0 Å². The zero-order valence-corrected chi connectivity index (χ0v) is 16.9. The Hall–Kier alpha value is -0.550. The fourth-order valence-corrected chi connectivity index (χ4v) is 2.70. The molecule has 3 nitrogen and oxygen atoms in total. The Bertz CT molecular complexity index is 396. The topological polar surface area (TPSA) is 50.1 Å². The van der Waals surface area contributed by atoms with Gasteiger partial charge in [-0.25, -0.2) is 0 Å². The van der Waals surface area contributed by atoms with Crippen molar-refractivity contribution < 1.29 is 0 Å². The van der Waals surface area contributed by atoms with E-state index in [2.05, 4.69) is 68.9 Å². The number of nitrogens with one attached hydrogen (secondary N) is 2. The predicted octanol–water partition coefficient (Wildman–Crippen LogP) is 4.18. The van der Waals surface area contributed by atoms with Crippen molar-refractivity contribution in [3.05, 3.63) is 29.8 Å². The summed E-state index contributed by atoms with van der Waals surface area (Å²) in [4.78, 5) is 1.25. The van der Waals surface area contributed by atoms with Crippen LogP contribution < -0.4 is 15.8 Å². The molecule has 1 unspecified atom stereocenters. The minimum Gasteiger partial charge on any atom is -0.329 e. The summed E-state index contributed by atoms with van der Waals surface area (Å²) in [7, 11) is 0. The molecule has 1 aromatic carbocycles. The SMILES string of the molecule is CC.CC(C)C(CN)NCCNSc1ccc(C(C)(C)C)cc1. The van der Waals surface area contributed by atoms with Crippen LogP contribution in [0.3, 0.4) is 0 Å². The Labute approximate surface area is 148 Å². The minimum atomic E-state index is 0.217. The van der Waals surface area contributed by atoms with Gasteiger partial charge in [0.2, 0.25) is 0 Å². The summed E-state index contributed by atoms with van der Waals surface area (Å²) in [5, 5.41) is 3.48. The van der Waals surface area contributed by atoms with E-state index in [-0.39, 0.29) is 5.41 Å². The van der Waals surface area contributed by atoms with Crippen LogP contribution in [0.1, 0.15) is 54.0 Å². The van der Waals surface area contributed by atoms with E-state index in [0.717, 1.165) is 13.1 Å². The van der Waals surface area contributed by atoms with Crippen LogP contribution >= 0.6 is 11.9 Å². The Kier molecular flexibility index (Phi) is 11.6. The summed E-state index contributed by atoms with van der Waals surface area (Å²) in [6.07, 6.45) is 0. The van der Waals surface area contributed by atoms with Crippen molar-refractivity contribution in [2.45, 2.75) is 64.8 Å². The molecule has 0 radical (unpaired) electrons. The normalized spacial score (nSPS) is 12.7. The van der Waals surface area contributed by atoms with Gasteiger partial charge in [0.1, 0.15) is 0 Å². The summed E-state index contributed by atoms with van der Waals surface area (Å²) >= 11 is 1.69. The number of hydrogen-bond donors (Lipinski definition) is 3. The van der Waals surface area contributed by atoms with Gasteiger partial charge in [-0.05, 0) is 41.0 Å². The molecule has 1 rings (SSSR count). The third-order valence-electron chi connectivity index (χ3n) is 3.60. The quantitative estimate of drug-likeness (QED) is 0.491. The van der Waals surface area contributed by atoms with Crippen LogP contribution in [0, 0.1) is 5.92 Å². The van der Waals surface area contributed by atoms with Crippen molar-refractivity contribution in [1.29, 1.82) is 0 Å². The number of benzene rings is 1. The number of hydrogen-bond acceptors (Lipinski definition) is 4. The van der Waals surface area contributed by atoms with Gasteiger partial charge in [-0.2, -0.15) is 0 Å². The molecule has 0 amide bonds. The lowest BCUT2D eigenvalue weighted by Crippen LogP contribution is -2.42.